The summed E-state index contributed by atoms with van der Waals surface area (Å²) in [7, 11) is 0. The summed E-state index contributed by atoms with van der Waals surface area (Å²) in [6.45, 7) is 9.74. The van der Waals surface area contributed by atoms with Gasteiger partial charge in [-0.05, 0) is 100 Å². The average molecular weight is 465 g/mol. The summed E-state index contributed by atoms with van der Waals surface area (Å²) in [5.74, 6) is -0.264. The molecule has 0 aliphatic heterocycles. The zero-order valence-electron chi connectivity index (χ0n) is 20.9. The van der Waals surface area contributed by atoms with E-state index in [1.807, 2.05) is 0 Å². The van der Waals surface area contributed by atoms with Crippen molar-refractivity contribution in [3.8, 4) is 0 Å². The van der Waals surface area contributed by atoms with Crippen molar-refractivity contribution in [3.63, 3.8) is 0 Å². The minimum Gasteiger partial charge on any atom is -0.393 e. The van der Waals surface area contributed by atoms with Crippen LogP contribution in [-0.2, 0) is 4.79 Å². The van der Waals surface area contributed by atoms with Crippen LogP contribution in [0.5, 0.6) is 0 Å². The summed E-state index contributed by atoms with van der Waals surface area (Å²) in [5.41, 5.74) is -2.01. The lowest BCUT2D eigenvalue weighted by molar-refractivity contribution is -0.154. The van der Waals surface area contributed by atoms with Crippen LogP contribution in [0.3, 0.4) is 0 Å². The third kappa shape index (κ3) is 3.85. The number of allylic oxidation sites excluding steroid dienone is 1. The molecule has 6 nitrogen and oxygen atoms in total. The fourth-order valence-corrected chi connectivity index (χ4v) is 8.29. The highest BCUT2D eigenvalue weighted by Crippen LogP contribution is 2.68. The molecule has 4 aliphatic carbocycles. The first-order valence-corrected chi connectivity index (χ1v) is 12.9. The van der Waals surface area contributed by atoms with Crippen LogP contribution in [0.2, 0.25) is 0 Å². The Kier molecular flexibility index (Phi) is 6.23. The Morgan fingerprint density at radius 1 is 1.12 bits per heavy atom. The molecule has 0 saturated heterocycles. The Morgan fingerprint density at radius 3 is 2.42 bits per heavy atom. The van der Waals surface area contributed by atoms with E-state index in [9.17, 15) is 30.3 Å². The summed E-state index contributed by atoms with van der Waals surface area (Å²) in [5, 5.41) is 53.9. The maximum Gasteiger partial charge on any atom is 0.159 e. The molecule has 4 aliphatic rings. The number of carbonyl (C=O) groups is 1. The average Bonchev–Trinajstić information content (AvgIpc) is 2.99. The van der Waals surface area contributed by atoms with Crippen LogP contribution >= 0.6 is 0 Å². The van der Waals surface area contributed by atoms with Crippen LogP contribution in [-0.4, -0.2) is 60.8 Å². The molecule has 10 atom stereocenters. The third-order valence-electron chi connectivity index (χ3n) is 10.5. The number of hydrogen-bond donors (Lipinski definition) is 5. The molecule has 0 amide bonds. The Bertz CT molecular complexity index is 816. The minimum atomic E-state index is -1.10. The van der Waals surface area contributed by atoms with Gasteiger partial charge < -0.3 is 25.5 Å². The smallest absolute Gasteiger partial charge is 0.159 e. The van der Waals surface area contributed by atoms with E-state index < -0.39 is 40.3 Å². The van der Waals surface area contributed by atoms with E-state index in [1.165, 1.54) is 0 Å². The molecule has 188 valence electrons. The number of hydrogen-bond acceptors (Lipinski definition) is 6. The van der Waals surface area contributed by atoms with Crippen molar-refractivity contribution in [2.75, 3.05) is 0 Å². The third-order valence-corrected chi connectivity index (χ3v) is 10.5. The summed E-state index contributed by atoms with van der Waals surface area (Å²) in [6, 6.07) is 0. The van der Waals surface area contributed by atoms with Crippen LogP contribution < -0.4 is 0 Å². The Balaban J connectivity index is 1.62. The molecular weight excluding hydrogens is 420 g/mol. The number of rotatable bonds is 5. The number of aliphatic hydroxyl groups is 5. The van der Waals surface area contributed by atoms with Crippen molar-refractivity contribution in [2.24, 2.45) is 34.5 Å². The predicted octanol–water partition coefficient (Wildman–Crippen LogP) is 2.74. The molecule has 0 heterocycles. The summed E-state index contributed by atoms with van der Waals surface area (Å²) in [6.07, 6.45) is 4.06. The SMILES string of the molecule is C[C@H](C(O)CCC(C)(C)O)[C@H]1CC[C@@]2(O)C3=CC(=O)C4CC(O)C(O)C[C@]4(C)[C@H]3CC[C@]12C. The molecule has 33 heavy (non-hydrogen) atoms. The van der Waals surface area contributed by atoms with Crippen LogP contribution in [0.1, 0.15) is 86.0 Å². The highest BCUT2D eigenvalue weighted by molar-refractivity contribution is 5.95. The van der Waals surface area contributed by atoms with Gasteiger partial charge in [0, 0.05) is 11.3 Å². The van der Waals surface area contributed by atoms with E-state index in [0.29, 0.717) is 25.7 Å². The van der Waals surface area contributed by atoms with E-state index in [4.69, 9.17) is 0 Å². The lowest BCUT2D eigenvalue weighted by Gasteiger charge is -2.60. The predicted molar refractivity (Wildman–Crippen MR) is 125 cm³/mol. The molecule has 0 aromatic heterocycles. The summed E-state index contributed by atoms with van der Waals surface area (Å²) >= 11 is 0. The number of fused-ring (bicyclic) bond motifs is 5. The number of aliphatic hydroxyl groups excluding tert-OH is 3. The van der Waals surface area contributed by atoms with Gasteiger partial charge >= 0.3 is 0 Å². The molecule has 4 rings (SSSR count). The van der Waals surface area contributed by atoms with Crippen molar-refractivity contribution < 1.29 is 30.3 Å². The van der Waals surface area contributed by atoms with Crippen LogP contribution in [0.15, 0.2) is 11.6 Å². The van der Waals surface area contributed by atoms with Gasteiger partial charge in [0.1, 0.15) is 0 Å². The van der Waals surface area contributed by atoms with E-state index in [1.54, 1.807) is 19.9 Å². The Hall–Kier alpha value is -0.790. The molecule has 0 aromatic rings. The molecule has 0 aromatic carbocycles. The van der Waals surface area contributed by atoms with Crippen molar-refractivity contribution in [1.29, 1.82) is 0 Å². The van der Waals surface area contributed by atoms with Gasteiger partial charge in [-0.25, -0.2) is 0 Å². The second kappa shape index (κ2) is 8.12. The highest BCUT2D eigenvalue weighted by atomic mass is 16.3. The molecule has 3 saturated carbocycles. The fraction of sp³-hybridized carbons (Fsp3) is 0.889. The van der Waals surface area contributed by atoms with Gasteiger partial charge in [0.2, 0.25) is 0 Å². The first kappa shape index (κ1) is 25.3. The minimum absolute atomic E-state index is 0.00888. The van der Waals surface area contributed by atoms with Crippen molar-refractivity contribution in [1.82, 2.24) is 0 Å². The van der Waals surface area contributed by atoms with E-state index in [2.05, 4.69) is 20.8 Å². The maximum absolute atomic E-state index is 13.2. The normalized spacial score (nSPS) is 47.3. The Labute approximate surface area is 198 Å². The number of ketones is 1. The lowest BCUT2D eigenvalue weighted by Crippen LogP contribution is -2.61. The monoisotopic (exact) mass is 464 g/mol. The molecule has 3 fully saturated rings. The van der Waals surface area contributed by atoms with Crippen LogP contribution in [0, 0.1) is 34.5 Å². The van der Waals surface area contributed by atoms with Gasteiger partial charge in [0.15, 0.2) is 5.78 Å². The molecule has 0 radical (unpaired) electrons. The van der Waals surface area contributed by atoms with Gasteiger partial charge in [-0.2, -0.15) is 0 Å². The van der Waals surface area contributed by atoms with Crippen molar-refractivity contribution in [2.45, 2.75) is 115 Å². The highest BCUT2D eigenvalue weighted by Gasteiger charge is 2.67. The standard InChI is InChI=1S/C27H44O6/c1-15(20(28)8-9-24(2,3)32)16-7-11-27(33)18-12-21(29)19-13-22(30)23(31)14-25(19,4)17(18)6-10-26(16,27)5/h12,15-17,19-20,22-23,28,30-33H,6-11,13-14H2,1-5H3/t15-,16+,17-,19?,20?,22?,23?,25+,26+,27+/m0/s1. The van der Waals surface area contributed by atoms with Gasteiger partial charge in [0.25, 0.3) is 0 Å². The molecule has 5 N–H and O–H groups in total. The van der Waals surface area contributed by atoms with E-state index in [0.717, 1.165) is 24.8 Å². The van der Waals surface area contributed by atoms with Gasteiger partial charge in [0.05, 0.1) is 29.5 Å². The largest absolute Gasteiger partial charge is 0.393 e. The zero-order valence-corrected chi connectivity index (χ0v) is 20.9. The lowest BCUT2D eigenvalue weighted by atomic mass is 9.46. The van der Waals surface area contributed by atoms with Gasteiger partial charge in [-0.3, -0.25) is 4.79 Å². The Morgan fingerprint density at radius 2 is 1.79 bits per heavy atom. The molecular formula is C27H44O6. The summed E-state index contributed by atoms with van der Waals surface area (Å²) in [4.78, 5) is 13.2. The quantitative estimate of drug-likeness (QED) is 0.427. The maximum atomic E-state index is 13.2. The van der Waals surface area contributed by atoms with E-state index in [-0.39, 0.29) is 35.9 Å². The molecule has 4 unspecified atom stereocenters. The molecule has 0 spiro atoms. The van der Waals surface area contributed by atoms with Crippen molar-refractivity contribution in [3.05, 3.63) is 11.6 Å². The first-order valence-electron chi connectivity index (χ1n) is 12.9. The fourth-order valence-electron chi connectivity index (χ4n) is 8.29. The molecule has 6 heteroatoms. The topological polar surface area (TPSA) is 118 Å². The van der Waals surface area contributed by atoms with Crippen LogP contribution in [0.25, 0.3) is 0 Å². The second-order valence-electron chi connectivity index (χ2n) is 12.9. The van der Waals surface area contributed by atoms with Crippen LogP contribution in [0.4, 0.5) is 0 Å². The molecule has 0 bridgehead atoms. The zero-order chi connectivity index (χ0) is 24.6. The second-order valence-corrected chi connectivity index (χ2v) is 12.9. The van der Waals surface area contributed by atoms with Crippen molar-refractivity contribution >= 4 is 5.78 Å². The first-order chi connectivity index (χ1) is 15.1. The van der Waals surface area contributed by atoms with Gasteiger partial charge in [-0.15, -0.1) is 0 Å². The van der Waals surface area contributed by atoms with Gasteiger partial charge in [-0.1, -0.05) is 20.8 Å². The number of carbonyl (C=O) groups excluding carboxylic acids is 1. The van der Waals surface area contributed by atoms with E-state index >= 15 is 0 Å². The summed E-state index contributed by atoms with van der Waals surface area (Å²) < 4.78 is 0.